The molecule has 1 aliphatic heterocycles. The fourth-order valence-corrected chi connectivity index (χ4v) is 4.86. The van der Waals surface area contributed by atoms with Gasteiger partial charge in [0.2, 0.25) is 0 Å². The summed E-state index contributed by atoms with van der Waals surface area (Å²) in [6, 6.07) is 11.4. The SMILES string of the molecule is CC(=O)c1ccc(OCCC[C@@H]2CCN(NS(=O)(=O)c3ccc(Cl)c(Cl)c3)C2)cc1. The van der Waals surface area contributed by atoms with Crippen LogP contribution in [0, 0.1) is 5.92 Å². The predicted octanol–water partition coefficient (Wildman–Crippen LogP) is 4.57. The largest absolute Gasteiger partial charge is 0.494 e. The summed E-state index contributed by atoms with van der Waals surface area (Å²) in [7, 11) is -3.69. The monoisotopic (exact) mass is 470 g/mol. The van der Waals surface area contributed by atoms with Crippen molar-refractivity contribution in [3.63, 3.8) is 0 Å². The highest BCUT2D eigenvalue weighted by Crippen LogP contribution is 2.26. The number of sulfonamides is 1. The number of Topliss-reactive ketones (excluding diaryl/α,β-unsaturated/α-hetero) is 1. The highest BCUT2D eigenvalue weighted by molar-refractivity contribution is 7.89. The number of rotatable bonds is 9. The van der Waals surface area contributed by atoms with Crippen LogP contribution in [0.15, 0.2) is 47.4 Å². The summed E-state index contributed by atoms with van der Waals surface area (Å²) < 4.78 is 30.8. The molecule has 162 valence electrons. The Hall–Kier alpha value is -1.64. The summed E-state index contributed by atoms with van der Waals surface area (Å²) >= 11 is 11.8. The van der Waals surface area contributed by atoms with Crippen molar-refractivity contribution in [3.05, 3.63) is 58.1 Å². The number of nitrogens with one attached hydrogen (secondary N) is 1. The van der Waals surface area contributed by atoms with E-state index in [1.807, 2.05) is 0 Å². The topological polar surface area (TPSA) is 75.7 Å². The van der Waals surface area contributed by atoms with Crippen LogP contribution in [0.5, 0.6) is 5.75 Å². The van der Waals surface area contributed by atoms with Crippen molar-refractivity contribution in [2.24, 2.45) is 5.92 Å². The number of benzene rings is 2. The maximum absolute atomic E-state index is 12.5. The first-order valence-corrected chi connectivity index (χ1v) is 11.9. The van der Waals surface area contributed by atoms with Gasteiger partial charge in [0.05, 0.1) is 21.5 Å². The van der Waals surface area contributed by atoms with E-state index in [0.717, 1.165) is 25.0 Å². The Morgan fingerprint density at radius 1 is 1.17 bits per heavy atom. The Bertz CT molecular complexity index is 997. The zero-order chi connectivity index (χ0) is 21.7. The molecule has 0 aliphatic carbocycles. The van der Waals surface area contributed by atoms with Gasteiger partial charge >= 0.3 is 0 Å². The average Bonchev–Trinajstić information content (AvgIpc) is 3.14. The Morgan fingerprint density at radius 3 is 2.57 bits per heavy atom. The number of halogens is 2. The number of nitrogens with zero attached hydrogens (tertiary/aromatic N) is 1. The van der Waals surface area contributed by atoms with Crippen LogP contribution < -0.4 is 9.57 Å². The molecule has 0 radical (unpaired) electrons. The molecular weight excluding hydrogens is 447 g/mol. The normalized spacial score (nSPS) is 17.2. The third kappa shape index (κ3) is 6.18. The second-order valence-corrected chi connectivity index (χ2v) is 9.82. The molecule has 0 amide bonds. The van der Waals surface area contributed by atoms with Crippen molar-refractivity contribution >= 4 is 39.0 Å². The van der Waals surface area contributed by atoms with Gasteiger partial charge in [0, 0.05) is 18.7 Å². The van der Waals surface area contributed by atoms with Crippen LogP contribution in [0.4, 0.5) is 0 Å². The van der Waals surface area contributed by atoms with Gasteiger partial charge in [-0.2, -0.15) is 0 Å². The Balaban J connectivity index is 1.42. The third-order valence-electron chi connectivity index (χ3n) is 5.02. The second-order valence-electron chi connectivity index (χ2n) is 7.34. The molecule has 9 heteroatoms. The molecule has 1 fully saturated rings. The van der Waals surface area contributed by atoms with Gasteiger partial charge in [0.1, 0.15) is 5.75 Å². The first-order chi connectivity index (χ1) is 14.2. The molecule has 2 aromatic rings. The van der Waals surface area contributed by atoms with E-state index in [1.54, 1.807) is 29.3 Å². The van der Waals surface area contributed by atoms with Crippen molar-refractivity contribution in [1.82, 2.24) is 9.84 Å². The van der Waals surface area contributed by atoms with E-state index in [9.17, 15) is 13.2 Å². The number of hydrogen-bond donors (Lipinski definition) is 1. The lowest BCUT2D eigenvalue weighted by atomic mass is 10.0. The highest BCUT2D eigenvalue weighted by atomic mass is 35.5. The summed E-state index contributed by atoms with van der Waals surface area (Å²) in [5.74, 6) is 1.16. The lowest BCUT2D eigenvalue weighted by Gasteiger charge is -2.18. The quantitative estimate of drug-likeness (QED) is 0.428. The van der Waals surface area contributed by atoms with Crippen molar-refractivity contribution in [2.45, 2.75) is 31.1 Å². The molecule has 3 rings (SSSR count). The number of ketones is 1. The number of ether oxygens (including phenoxy) is 1. The van der Waals surface area contributed by atoms with E-state index in [-0.39, 0.29) is 15.7 Å². The van der Waals surface area contributed by atoms with Crippen LogP contribution in [-0.4, -0.2) is 38.9 Å². The molecule has 6 nitrogen and oxygen atoms in total. The molecule has 2 aromatic carbocycles. The van der Waals surface area contributed by atoms with Gasteiger partial charge in [-0.15, -0.1) is 4.83 Å². The van der Waals surface area contributed by atoms with E-state index >= 15 is 0 Å². The number of carbonyl (C=O) groups is 1. The minimum atomic E-state index is -3.69. The molecule has 1 N–H and O–H groups in total. The number of carbonyl (C=O) groups excluding carboxylic acids is 1. The molecule has 30 heavy (non-hydrogen) atoms. The van der Waals surface area contributed by atoms with Crippen LogP contribution in [-0.2, 0) is 10.0 Å². The van der Waals surface area contributed by atoms with E-state index in [2.05, 4.69) is 4.83 Å². The highest BCUT2D eigenvalue weighted by Gasteiger charge is 2.26. The van der Waals surface area contributed by atoms with Crippen LogP contribution in [0.3, 0.4) is 0 Å². The standard InChI is InChI=1S/C21H24Cl2N2O4S/c1-15(26)17-4-6-18(7-5-17)29-12-2-3-16-10-11-25(14-16)24-30(27,28)19-8-9-20(22)21(23)13-19/h4-9,13,16,24H,2-3,10-12,14H2,1H3/t16-/m1/s1. The molecule has 0 bridgehead atoms. The minimum absolute atomic E-state index is 0.0297. The van der Waals surface area contributed by atoms with E-state index in [4.69, 9.17) is 27.9 Å². The van der Waals surface area contributed by atoms with Gasteiger partial charge in [0.25, 0.3) is 10.0 Å². The molecule has 0 spiro atoms. The molecule has 1 atom stereocenters. The summed E-state index contributed by atoms with van der Waals surface area (Å²) in [6.45, 7) is 3.41. The van der Waals surface area contributed by atoms with Crippen molar-refractivity contribution < 1.29 is 17.9 Å². The van der Waals surface area contributed by atoms with Gasteiger partial charge in [-0.3, -0.25) is 4.79 Å². The molecule has 1 aliphatic rings. The Morgan fingerprint density at radius 2 is 1.90 bits per heavy atom. The second kappa shape index (κ2) is 10.1. The lowest BCUT2D eigenvalue weighted by molar-refractivity contribution is 0.101. The zero-order valence-corrected chi connectivity index (χ0v) is 18.9. The Labute approximate surface area is 187 Å². The maximum Gasteiger partial charge on any atom is 0.253 e. The zero-order valence-electron chi connectivity index (χ0n) is 16.6. The molecule has 0 saturated carbocycles. The minimum Gasteiger partial charge on any atom is -0.494 e. The molecule has 1 heterocycles. The van der Waals surface area contributed by atoms with Crippen molar-refractivity contribution in [2.75, 3.05) is 19.7 Å². The van der Waals surface area contributed by atoms with Gasteiger partial charge in [-0.1, -0.05) is 23.2 Å². The summed E-state index contributed by atoms with van der Waals surface area (Å²) in [6.07, 6.45) is 2.72. The van der Waals surface area contributed by atoms with Crippen molar-refractivity contribution in [3.8, 4) is 5.75 Å². The van der Waals surface area contributed by atoms with Crippen LogP contribution >= 0.6 is 23.2 Å². The van der Waals surface area contributed by atoms with Crippen molar-refractivity contribution in [1.29, 1.82) is 0 Å². The Kier molecular flexibility index (Phi) is 7.76. The van der Waals surface area contributed by atoms with Crippen LogP contribution in [0.1, 0.15) is 36.5 Å². The van der Waals surface area contributed by atoms with Gasteiger partial charge < -0.3 is 4.74 Å². The predicted molar refractivity (Wildman–Crippen MR) is 118 cm³/mol. The van der Waals surface area contributed by atoms with Gasteiger partial charge in [-0.05, 0) is 74.6 Å². The van der Waals surface area contributed by atoms with Crippen LogP contribution in [0.25, 0.3) is 0 Å². The van der Waals surface area contributed by atoms with E-state index < -0.39 is 10.0 Å². The lowest BCUT2D eigenvalue weighted by Crippen LogP contribution is -2.40. The molecule has 0 aromatic heterocycles. The summed E-state index contributed by atoms with van der Waals surface area (Å²) in [5, 5.41) is 2.24. The third-order valence-corrected chi connectivity index (χ3v) is 7.13. The fraction of sp³-hybridized carbons (Fsp3) is 0.381. The number of hydrogen-bond acceptors (Lipinski definition) is 5. The summed E-state index contributed by atoms with van der Waals surface area (Å²) in [5.41, 5.74) is 0.664. The first-order valence-electron chi connectivity index (χ1n) is 9.71. The number of hydrazine groups is 1. The van der Waals surface area contributed by atoms with E-state index in [0.29, 0.717) is 36.2 Å². The van der Waals surface area contributed by atoms with E-state index in [1.165, 1.54) is 25.1 Å². The van der Waals surface area contributed by atoms with Crippen LogP contribution in [0.2, 0.25) is 10.0 Å². The molecule has 0 unspecified atom stereocenters. The smallest absolute Gasteiger partial charge is 0.253 e. The molecular formula is C21H24Cl2N2O4S. The molecule has 1 saturated heterocycles. The van der Waals surface area contributed by atoms with Gasteiger partial charge in [-0.25, -0.2) is 13.4 Å². The average molecular weight is 471 g/mol. The first kappa shape index (κ1) is 23.0. The summed E-state index contributed by atoms with van der Waals surface area (Å²) in [4.78, 5) is 14.0. The maximum atomic E-state index is 12.5. The van der Waals surface area contributed by atoms with Gasteiger partial charge in [0.15, 0.2) is 5.78 Å². The fourth-order valence-electron chi connectivity index (χ4n) is 3.37.